The Labute approximate surface area is 160 Å². The molecule has 1 heterocycles. The second-order valence-electron chi connectivity index (χ2n) is 6.11. The van der Waals surface area contributed by atoms with Crippen LogP contribution in [0.25, 0.3) is 0 Å². The van der Waals surface area contributed by atoms with Crippen molar-refractivity contribution in [2.45, 2.75) is 23.5 Å². The van der Waals surface area contributed by atoms with Gasteiger partial charge in [0.2, 0.25) is 0 Å². The zero-order valence-electron chi connectivity index (χ0n) is 14.7. The molecule has 0 saturated heterocycles. The molecule has 7 nitrogen and oxygen atoms in total. The first-order chi connectivity index (χ1) is 13.0. The maximum absolute atomic E-state index is 12.7. The number of non-ortho nitro benzene ring substituents is 1. The Morgan fingerprint density at radius 3 is 2.81 bits per heavy atom. The number of fused-ring (bicyclic) bond motifs is 1. The normalized spacial score (nSPS) is 16.2. The van der Waals surface area contributed by atoms with Crippen LogP contribution in [0.2, 0.25) is 0 Å². The van der Waals surface area contributed by atoms with E-state index in [4.69, 9.17) is 4.74 Å². The van der Waals surface area contributed by atoms with Crippen molar-refractivity contribution in [3.05, 3.63) is 64.2 Å². The highest BCUT2D eigenvalue weighted by atomic mass is 32.2. The molecule has 8 heteroatoms. The Hall–Kier alpha value is -2.87. The number of benzene rings is 2. The third kappa shape index (κ3) is 4.46. The number of rotatable bonds is 4. The lowest BCUT2D eigenvalue weighted by molar-refractivity contribution is -0.384. The number of nitro benzene ring substituents is 1. The zero-order valence-corrected chi connectivity index (χ0v) is 15.5. The summed E-state index contributed by atoms with van der Waals surface area (Å²) in [5.74, 6) is -1.09. The molecule has 27 heavy (non-hydrogen) atoms. The SMILES string of the molecule is CC1CCN(C(=O)COC(=O)c2cccc([N+](=O)[O-])c2)c2ccccc2S1. The second kappa shape index (κ2) is 8.22. The predicted molar refractivity (Wildman–Crippen MR) is 102 cm³/mol. The maximum atomic E-state index is 12.7. The molecule has 0 bridgehead atoms. The van der Waals surface area contributed by atoms with E-state index < -0.39 is 17.5 Å². The first-order valence-electron chi connectivity index (χ1n) is 8.43. The van der Waals surface area contributed by atoms with Gasteiger partial charge in [-0.2, -0.15) is 0 Å². The highest BCUT2D eigenvalue weighted by Crippen LogP contribution is 2.37. The molecule has 1 aliphatic heterocycles. The smallest absolute Gasteiger partial charge is 0.338 e. The van der Waals surface area contributed by atoms with Crippen molar-refractivity contribution in [3.8, 4) is 0 Å². The number of thioether (sulfide) groups is 1. The Morgan fingerprint density at radius 1 is 1.26 bits per heavy atom. The summed E-state index contributed by atoms with van der Waals surface area (Å²) < 4.78 is 5.10. The first kappa shape index (κ1) is 18.9. The van der Waals surface area contributed by atoms with E-state index in [0.29, 0.717) is 11.8 Å². The van der Waals surface area contributed by atoms with Crippen molar-refractivity contribution >= 4 is 35.0 Å². The van der Waals surface area contributed by atoms with E-state index in [9.17, 15) is 19.7 Å². The van der Waals surface area contributed by atoms with Gasteiger partial charge in [-0.1, -0.05) is 25.1 Å². The number of hydrogen-bond donors (Lipinski definition) is 0. The molecule has 0 N–H and O–H groups in total. The molecule has 0 saturated carbocycles. The molecular weight excluding hydrogens is 368 g/mol. The number of carbonyl (C=O) groups excluding carboxylic acids is 2. The minimum absolute atomic E-state index is 0.0393. The fraction of sp³-hybridized carbons (Fsp3) is 0.263. The fourth-order valence-electron chi connectivity index (χ4n) is 2.78. The summed E-state index contributed by atoms with van der Waals surface area (Å²) in [5.41, 5.74) is 0.643. The van der Waals surface area contributed by atoms with Crippen LogP contribution < -0.4 is 4.90 Å². The van der Waals surface area contributed by atoms with Gasteiger partial charge < -0.3 is 9.64 Å². The topological polar surface area (TPSA) is 89.8 Å². The zero-order chi connectivity index (χ0) is 19.4. The van der Waals surface area contributed by atoms with Crippen LogP contribution in [0.15, 0.2) is 53.4 Å². The lowest BCUT2D eigenvalue weighted by atomic mass is 10.2. The summed E-state index contributed by atoms with van der Waals surface area (Å²) in [6.45, 7) is 2.23. The number of nitro groups is 1. The number of nitrogens with zero attached hydrogens (tertiary/aromatic N) is 2. The van der Waals surface area contributed by atoms with E-state index in [0.717, 1.165) is 23.1 Å². The Balaban J connectivity index is 1.70. The molecule has 1 unspecified atom stereocenters. The fourth-order valence-corrected chi connectivity index (χ4v) is 3.89. The van der Waals surface area contributed by atoms with Crippen molar-refractivity contribution in [2.24, 2.45) is 0 Å². The molecule has 2 aromatic rings. The average molecular weight is 386 g/mol. The standard InChI is InChI=1S/C19H18N2O5S/c1-13-9-10-20(16-7-2-3-8-17(16)27-13)18(22)12-26-19(23)14-5-4-6-15(11-14)21(24)25/h2-8,11,13H,9-10,12H2,1H3. The Morgan fingerprint density at radius 2 is 2.04 bits per heavy atom. The first-order valence-corrected chi connectivity index (χ1v) is 9.31. The van der Waals surface area contributed by atoms with Crippen LogP contribution in [0.1, 0.15) is 23.7 Å². The van der Waals surface area contributed by atoms with Crippen molar-refractivity contribution in [2.75, 3.05) is 18.1 Å². The van der Waals surface area contributed by atoms with E-state index in [2.05, 4.69) is 6.92 Å². The lowest BCUT2D eigenvalue weighted by Crippen LogP contribution is -2.35. The Bertz CT molecular complexity index is 886. The van der Waals surface area contributed by atoms with Gasteiger partial charge in [0.1, 0.15) is 0 Å². The molecular formula is C19H18N2O5S. The minimum atomic E-state index is -0.766. The van der Waals surface area contributed by atoms with Crippen LogP contribution in [0.5, 0.6) is 0 Å². The van der Waals surface area contributed by atoms with Crippen LogP contribution in [-0.4, -0.2) is 35.2 Å². The maximum Gasteiger partial charge on any atom is 0.338 e. The lowest BCUT2D eigenvalue weighted by Gasteiger charge is -2.22. The van der Waals surface area contributed by atoms with Crippen LogP contribution >= 0.6 is 11.8 Å². The number of anilines is 1. The van der Waals surface area contributed by atoms with Crippen LogP contribution in [0.4, 0.5) is 11.4 Å². The van der Waals surface area contributed by atoms with E-state index in [1.165, 1.54) is 18.2 Å². The van der Waals surface area contributed by atoms with Gasteiger partial charge in [0.15, 0.2) is 6.61 Å². The minimum Gasteiger partial charge on any atom is -0.452 e. The summed E-state index contributed by atoms with van der Waals surface area (Å²) in [4.78, 5) is 37.7. The highest BCUT2D eigenvalue weighted by molar-refractivity contribution is 8.00. The van der Waals surface area contributed by atoms with E-state index in [1.54, 1.807) is 16.7 Å². The molecule has 3 rings (SSSR count). The number of carbonyl (C=O) groups is 2. The number of hydrogen-bond acceptors (Lipinski definition) is 6. The van der Waals surface area contributed by atoms with Crippen molar-refractivity contribution in [1.29, 1.82) is 0 Å². The van der Waals surface area contributed by atoms with E-state index in [1.807, 2.05) is 24.3 Å². The summed E-state index contributed by atoms with van der Waals surface area (Å²) in [6.07, 6.45) is 0.823. The number of ether oxygens (including phenoxy) is 1. The van der Waals surface area contributed by atoms with Crippen LogP contribution in [-0.2, 0) is 9.53 Å². The van der Waals surface area contributed by atoms with Crippen molar-refractivity contribution < 1.29 is 19.2 Å². The quantitative estimate of drug-likeness (QED) is 0.452. The second-order valence-corrected chi connectivity index (χ2v) is 7.59. The molecule has 0 aromatic heterocycles. The number of para-hydroxylation sites is 1. The van der Waals surface area contributed by atoms with Gasteiger partial charge in [-0.05, 0) is 24.6 Å². The molecule has 0 aliphatic carbocycles. The predicted octanol–water partition coefficient (Wildman–Crippen LogP) is 3.67. The summed E-state index contributed by atoms with van der Waals surface area (Å²) >= 11 is 1.71. The van der Waals surface area contributed by atoms with E-state index in [-0.39, 0.29) is 17.2 Å². The molecule has 1 amide bonds. The molecule has 140 valence electrons. The third-order valence-corrected chi connectivity index (χ3v) is 5.40. The summed E-state index contributed by atoms with van der Waals surface area (Å²) in [7, 11) is 0. The monoisotopic (exact) mass is 386 g/mol. The molecule has 0 spiro atoms. The summed E-state index contributed by atoms with van der Waals surface area (Å²) in [6, 6.07) is 12.9. The van der Waals surface area contributed by atoms with Gasteiger partial charge in [0.05, 0.1) is 16.2 Å². The van der Waals surface area contributed by atoms with Gasteiger partial charge in [-0.25, -0.2) is 4.79 Å². The molecule has 1 atom stereocenters. The third-order valence-electron chi connectivity index (χ3n) is 4.16. The highest BCUT2D eigenvalue weighted by Gasteiger charge is 2.25. The number of esters is 1. The number of amides is 1. The summed E-state index contributed by atoms with van der Waals surface area (Å²) in [5, 5.41) is 11.2. The van der Waals surface area contributed by atoms with Gasteiger partial charge in [-0.15, -0.1) is 11.8 Å². The average Bonchev–Trinajstić information content (AvgIpc) is 2.84. The molecule has 2 aromatic carbocycles. The van der Waals surface area contributed by atoms with Crippen molar-refractivity contribution in [3.63, 3.8) is 0 Å². The van der Waals surface area contributed by atoms with Crippen LogP contribution in [0.3, 0.4) is 0 Å². The van der Waals surface area contributed by atoms with E-state index >= 15 is 0 Å². The van der Waals surface area contributed by atoms with Gasteiger partial charge >= 0.3 is 5.97 Å². The largest absolute Gasteiger partial charge is 0.452 e. The van der Waals surface area contributed by atoms with Gasteiger partial charge in [-0.3, -0.25) is 14.9 Å². The van der Waals surface area contributed by atoms with Gasteiger partial charge in [0.25, 0.3) is 11.6 Å². The molecule has 0 fully saturated rings. The van der Waals surface area contributed by atoms with Crippen LogP contribution in [0, 0.1) is 10.1 Å². The molecule has 0 radical (unpaired) electrons. The molecule has 1 aliphatic rings. The van der Waals surface area contributed by atoms with Gasteiger partial charge in [0, 0.05) is 28.8 Å². The van der Waals surface area contributed by atoms with Crippen molar-refractivity contribution in [1.82, 2.24) is 0 Å². The Kier molecular flexibility index (Phi) is 5.75.